The van der Waals surface area contributed by atoms with Gasteiger partial charge in [-0.05, 0) is 44.9 Å². The summed E-state index contributed by atoms with van der Waals surface area (Å²) in [5, 5.41) is 0.302. The number of fused-ring (bicyclic) bond motifs is 1. The molecule has 1 amide bonds. The summed E-state index contributed by atoms with van der Waals surface area (Å²) in [5.74, 6) is -0.470. The van der Waals surface area contributed by atoms with E-state index < -0.39 is 18.0 Å². The first-order valence-electron chi connectivity index (χ1n) is 10.2. The summed E-state index contributed by atoms with van der Waals surface area (Å²) in [6, 6.07) is 4.31. The number of carbonyl (C=O) groups is 3. The zero-order valence-electron chi connectivity index (χ0n) is 18.3. The fourth-order valence-corrected chi connectivity index (χ4v) is 4.71. The number of amidine groups is 1. The van der Waals surface area contributed by atoms with Gasteiger partial charge in [0, 0.05) is 6.92 Å². The second-order valence-corrected chi connectivity index (χ2v) is 8.14. The molecule has 8 nitrogen and oxygen atoms in total. The van der Waals surface area contributed by atoms with E-state index in [1.54, 1.807) is 36.9 Å². The van der Waals surface area contributed by atoms with Crippen LogP contribution in [-0.2, 0) is 19.1 Å². The Labute approximate surface area is 185 Å². The normalized spacial score (nSPS) is 20.4. The SMILES string of the molecule is CCOC(=O)C1=C(C)N=C2S[C@@H](CC)C(=O)N2[C@H]1c1ccc(OC(C)=O)c(OCC)c1. The summed E-state index contributed by atoms with van der Waals surface area (Å²) in [6.45, 7) is 9.09. The maximum Gasteiger partial charge on any atom is 0.338 e. The number of ether oxygens (including phenoxy) is 3. The van der Waals surface area contributed by atoms with E-state index in [1.807, 2.05) is 13.8 Å². The number of rotatable bonds is 7. The number of allylic oxidation sites excluding steroid dienone is 1. The van der Waals surface area contributed by atoms with Gasteiger partial charge in [0.2, 0.25) is 5.91 Å². The van der Waals surface area contributed by atoms with E-state index in [1.165, 1.54) is 18.7 Å². The van der Waals surface area contributed by atoms with Crippen LogP contribution in [0, 0.1) is 0 Å². The van der Waals surface area contributed by atoms with Gasteiger partial charge in [-0.3, -0.25) is 14.5 Å². The lowest BCUT2D eigenvalue weighted by molar-refractivity contribution is -0.139. The van der Waals surface area contributed by atoms with Crippen LogP contribution in [0.3, 0.4) is 0 Å². The molecule has 31 heavy (non-hydrogen) atoms. The van der Waals surface area contributed by atoms with Crippen LogP contribution in [0.4, 0.5) is 0 Å². The van der Waals surface area contributed by atoms with Crippen LogP contribution in [0.5, 0.6) is 11.5 Å². The molecule has 1 fully saturated rings. The Morgan fingerprint density at radius 3 is 2.52 bits per heavy atom. The van der Waals surface area contributed by atoms with Crippen LogP contribution in [-0.4, -0.2) is 46.4 Å². The highest BCUT2D eigenvalue weighted by Crippen LogP contribution is 2.45. The van der Waals surface area contributed by atoms with Gasteiger partial charge in [-0.2, -0.15) is 0 Å². The lowest BCUT2D eigenvalue weighted by atomic mass is 9.93. The molecule has 2 atom stereocenters. The summed E-state index contributed by atoms with van der Waals surface area (Å²) in [6.07, 6.45) is 0.648. The average molecular weight is 447 g/mol. The fraction of sp³-hybridized carbons (Fsp3) is 0.455. The zero-order chi connectivity index (χ0) is 22.7. The van der Waals surface area contributed by atoms with Crippen molar-refractivity contribution in [3.05, 3.63) is 35.0 Å². The van der Waals surface area contributed by atoms with Crippen molar-refractivity contribution in [2.75, 3.05) is 13.2 Å². The first kappa shape index (κ1) is 22.9. The highest BCUT2D eigenvalue weighted by atomic mass is 32.2. The van der Waals surface area contributed by atoms with E-state index in [-0.39, 0.29) is 23.5 Å². The van der Waals surface area contributed by atoms with Crippen LogP contribution in [0.25, 0.3) is 0 Å². The van der Waals surface area contributed by atoms with Gasteiger partial charge >= 0.3 is 11.9 Å². The topological polar surface area (TPSA) is 94.5 Å². The van der Waals surface area contributed by atoms with Crippen LogP contribution in [0.15, 0.2) is 34.5 Å². The van der Waals surface area contributed by atoms with Crippen LogP contribution >= 0.6 is 11.8 Å². The Morgan fingerprint density at radius 2 is 1.90 bits per heavy atom. The highest BCUT2D eigenvalue weighted by molar-refractivity contribution is 8.15. The van der Waals surface area contributed by atoms with Crippen molar-refractivity contribution in [3.63, 3.8) is 0 Å². The summed E-state index contributed by atoms with van der Waals surface area (Å²) in [7, 11) is 0. The molecule has 0 spiro atoms. The van der Waals surface area contributed by atoms with Crippen molar-refractivity contribution in [1.82, 2.24) is 4.90 Å². The third kappa shape index (κ3) is 4.46. The molecule has 3 rings (SSSR count). The number of benzene rings is 1. The Bertz CT molecular complexity index is 971. The number of thioether (sulfide) groups is 1. The largest absolute Gasteiger partial charge is 0.490 e. The number of nitrogens with zero attached hydrogens (tertiary/aromatic N) is 2. The summed E-state index contributed by atoms with van der Waals surface area (Å²) >= 11 is 1.40. The van der Waals surface area contributed by atoms with Gasteiger partial charge in [0.15, 0.2) is 16.7 Å². The maximum absolute atomic E-state index is 13.2. The van der Waals surface area contributed by atoms with E-state index >= 15 is 0 Å². The Balaban J connectivity index is 2.15. The molecule has 2 aliphatic heterocycles. The predicted molar refractivity (Wildman–Crippen MR) is 117 cm³/mol. The number of carbonyl (C=O) groups excluding carboxylic acids is 3. The van der Waals surface area contributed by atoms with E-state index in [2.05, 4.69) is 4.99 Å². The molecular weight excluding hydrogens is 420 g/mol. The molecule has 0 unspecified atom stereocenters. The molecule has 1 aromatic rings. The monoisotopic (exact) mass is 446 g/mol. The number of amides is 1. The molecule has 0 bridgehead atoms. The van der Waals surface area contributed by atoms with Gasteiger partial charge in [0.1, 0.15) is 0 Å². The quantitative estimate of drug-likeness (QED) is 0.466. The number of aliphatic imine (C=N–C) groups is 1. The number of hydrogen-bond acceptors (Lipinski definition) is 8. The first-order valence-corrected chi connectivity index (χ1v) is 11.1. The van der Waals surface area contributed by atoms with Crippen molar-refractivity contribution in [1.29, 1.82) is 0 Å². The van der Waals surface area contributed by atoms with Crippen molar-refractivity contribution in [2.45, 2.75) is 52.3 Å². The molecule has 0 saturated carbocycles. The minimum absolute atomic E-state index is 0.104. The predicted octanol–water partition coefficient (Wildman–Crippen LogP) is 3.61. The maximum atomic E-state index is 13.2. The van der Waals surface area contributed by atoms with Gasteiger partial charge in [-0.15, -0.1) is 0 Å². The standard InChI is InChI=1S/C22H26N2O6S/c1-6-17-20(26)24-19(18(21(27)29-8-3)12(4)23-22(24)31-17)14-9-10-15(30-13(5)25)16(11-14)28-7-2/h9-11,17,19H,6-8H2,1-5H3/t17-,19-/m0/s1. The molecule has 0 aliphatic carbocycles. The molecular formula is C22H26N2O6S. The summed E-state index contributed by atoms with van der Waals surface area (Å²) < 4.78 is 16.2. The minimum Gasteiger partial charge on any atom is -0.490 e. The molecule has 2 heterocycles. The van der Waals surface area contributed by atoms with Gasteiger partial charge in [-0.1, -0.05) is 24.8 Å². The molecule has 166 valence electrons. The van der Waals surface area contributed by atoms with Crippen LogP contribution in [0.2, 0.25) is 0 Å². The first-order chi connectivity index (χ1) is 14.8. The molecule has 0 aromatic heterocycles. The van der Waals surface area contributed by atoms with E-state index in [0.717, 1.165) is 0 Å². The highest BCUT2D eigenvalue weighted by Gasteiger charge is 2.47. The minimum atomic E-state index is -0.714. The molecule has 2 aliphatic rings. The lowest BCUT2D eigenvalue weighted by Crippen LogP contribution is -2.40. The second-order valence-electron chi connectivity index (χ2n) is 6.97. The van der Waals surface area contributed by atoms with Crippen molar-refractivity contribution >= 4 is 34.8 Å². The molecule has 0 N–H and O–H groups in total. The van der Waals surface area contributed by atoms with Crippen molar-refractivity contribution < 1.29 is 28.6 Å². The van der Waals surface area contributed by atoms with E-state index in [0.29, 0.717) is 40.8 Å². The third-order valence-electron chi connectivity index (χ3n) is 4.85. The number of hydrogen-bond donors (Lipinski definition) is 0. The summed E-state index contributed by atoms with van der Waals surface area (Å²) in [5.41, 5.74) is 1.45. The Morgan fingerprint density at radius 1 is 1.16 bits per heavy atom. The summed E-state index contributed by atoms with van der Waals surface area (Å²) in [4.78, 5) is 43.6. The fourth-order valence-electron chi connectivity index (χ4n) is 3.58. The molecule has 1 aromatic carbocycles. The van der Waals surface area contributed by atoms with Crippen LogP contribution < -0.4 is 9.47 Å². The van der Waals surface area contributed by atoms with Crippen LogP contribution in [0.1, 0.15) is 52.6 Å². The third-order valence-corrected chi connectivity index (χ3v) is 6.17. The Kier molecular flexibility index (Phi) is 7.04. The van der Waals surface area contributed by atoms with E-state index in [9.17, 15) is 14.4 Å². The average Bonchev–Trinajstić information content (AvgIpc) is 3.03. The molecule has 0 radical (unpaired) electrons. The van der Waals surface area contributed by atoms with Crippen molar-refractivity contribution in [2.24, 2.45) is 4.99 Å². The van der Waals surface area contributed by atoms with Crippen molar-refractivity contribution in [3.8, 4) is 11.5 Å². The van der Waals surface area contributed by atoms with E-state index in [4.69, 9.17) is 14.2 Å². The van der Waals surface area contributed by atoms with Gasteiger partial charge in [0.25, 0.3) is 0 Å². The zero-order valence-corrected chi connectivity index (χ0v) is 19.1. The second kappa shape index (κ2) is 9.55. The number of esters is 2. The smallest absolute Gasteiger partial charge is 0.338 e. The van der Waals surface area contributed by atoms with Gasteiger partial charge in [0.05, 0.1) is 35.8 Å². The van der Waals surface area contributed by atoms with Gasteiger partial charge in [-0.25, -0.2) is 9.79 Å². The molecule has 9 heteroatoms. The lowest BCUT2D eigenvalue weighted by Gasteiger charge is -2.33. The molecule has 1 saturated heterocycles. The Hall–Kier alpha value is -2.81. The van der Waals surface area contributed by atoms with Gasteiger partial charge < -0.3 is 14.2 Å².